The molecule has 0 spiro atoms. The summed E-state index contributed by atoms with van der Waals surface area (Å²) in [6.07, 6.45) is 4.02. The third-order valence-electron chi connectivity index (χ3n) is 2.51. The minimum atomic E-state index is -1.01. The highest BCUT2D eigenvalue weighted by Crippen LogP contribution is 2.20. The fourth-order valence-corrected chi connectivity index (χ4v) is 1.50. The molecule has 5 nitrogen and oxygen atoms in total. The number of carboxylic acid groups (broad SMARTS) is 1. The second-order valence-electron chi connectivity index (χ2n) is 4.01. The predicted molar refractivity (Wildman–Crippen MR) is 73.3 cm³/mol. The number of rotatable bonds is 5. The summed E-state index contributed by atoms with van der Waals surface area (Å²) in [6.45, 7) is -0.0108. The molecule has 0 aliphatic rings. The van der Waals surface area contributed by atoms with Crippen molar-refractivity contribution in [1.29, 1.82) is 0 Å². The van der Waals surface area contributed by atoms with E-state index in [1.807, 2.05) is 0 Å². The molecule has 102 valence electrons. The van der Waals surface area contributed by atoms with E-state index in [2.05, 4.69) is 4.98 Å². The zero-order chi connectivity index (χ0) is 14.4. The molecule has 2 rings (SSSR count). The molecule has 0 radical (unpaired) electrons. The lowest BCUT2D eigenvalue weighted by atomic mass is 10.2. The van der Waals surface area contributed by atoms with Crippen molar-refractivity contribution in [2.45, 2.75) is 6.61 Å². The van der Waals surface area contributed by atoms with E-state index in [-0.39, 0.29) is 6.61 Å². The average Bonchev–Trinajstić information content (AvgIpc) is 2.47. The fourth-order valence-electron chi connectivity index (χ4n) is 1.50. The zero-order valence-electron chi connectivity index (χ0n) is 10.6. The van der Waals surface area contributed by atoms with Gasteiger partial charge < -0.3 is 14.9 Å². The summed E-state index contributed by atoms with van der Waals surface area (Å²) in [5, 5.41) is 17.5. The second kappa shape index (κ2) is 6.49. The van der Waals surface area contributed by atoms with Crippen molar-refractivity contribution in [2.75, 3.05) is 0 Å². The molecule has 0 aliphatic heterocycles. The number of ether oxygens (including phenoxy) is 1. The predicted octanol–water partition coefficient (Wildman–Crippen LogP) is 2.46. The molecule has 0 saturated carbocycles. The summed E-state index contributed by atoms with van der Waals surface area (Å²) >= 11 is 0. The molecule has 0 bridgehead atoms. The number of carbonyl (C=O) groups is 1. The number of aliphatic carboxylic acids is 1. The molecule has 20 heavy (non-hydrogen) atoms. The monoisotopic (exact) mass is 271 g/mol. The molecule has 0 atom stereocenters. The maximum Gasteiger partial charge on any atom is 0.328 e. The van der Waals surface area contributed by atoms with Gasteiger partial charge in [-0.2, -0.15) is 0 Å². The number of benzene rings is 1. The van der Waals surface area contributed by atoms with Gasteiger partial charge in [0.1, 0.15) is 5.75 Å². The average molecular weight is 271 g/mol. The topological polar surface area (TPSA) is 79.7 Å². The first-order valence-electron chi connectivity index (χ1n) is 5.92. The number of carboxylic acids is 1. The summed E-state index contributed by atoms with van der Waals surface area (Å²) in [6, 6.07) is 10.4. The summed E-state index contributed by atoms with van der Waals surface area (Å²) < 4.78 is 5.53. The van der Waals surface area contributed by atoms with Gasteiger partial charge in [-0.25, -0.2) is 9.78 Å². The SMILES string of the molecule is O=C(O)/C=C/c1ccc(Oc2ccc(CO)cc2)nc1. The zero-order valence-corrected chi connectivity index (χ0v) is 10.6. The van der Waals surface area contributed by atoms with E-state index in [0.29, 0.717) is 17.2 Å². The van der Waals surface area contributed by atoms with Crippen LogP contribution in [-0.4, -0.2) is 21.2 Å². The van der Waals surface area contributed by atoms with Crippen molar-refractivity contribution in [3.63, 3.8) is 0 Å². The van der Waals surface area contributed by atoms with E-state index >= 15 is 0 Å². The Labute approximate surface area is 115 Å². The summed E-state index contributed by atoms with van der Waals surface area (Å²) in [4.78, 5) is 14.5. The number of hydrogen-bond acceptors (Lipinski definition) is 4. The van der Waals surface area contributed by atoms with Gasteiger partial charge in [-0.3, -0.25) is 0 Å². The van der Waals surface area contributed by atoms with Crippen molar-refractivity contribution in [2.24, 2.45) is 0 Å². The molecular formula is C15H13NO4. The van der Waals surface area contributed by atoms with Crippen LogP contribution in [0, 0.1) is 0 Å². The molecule has 0 unspecified atom stereocenters. The van der Waals surface area contributed by atoms with Gasteiger partial charge in [-0.15, -0.1) is 0 Å². The standard InChI is InChI=1S/C15H13NO4/c17-10-12-1-5-13(6-2-12)20-14-7-3-11(9-16-14)4-8-15(18)19/h1-9,17H,10H2,(H,18,19)/b8-4+. The van der Waals surface area contributed by atoms with Crippen molar-refractivity contribution in [3.05, 3.63) is 59.8 Å². The third-order valence-corrected chi connectivity index (χ3v) is 2.51. The first-order valence-corrected chi connectivity index (χ1v) is 5.92. The van der Waals surface area contributed by atoms with E-state index < -0.39 is 5.97 Å². The van der Waals surface area contributed by atoms with Gasteiger partial charge in [0.05, 0.1) is 6.61 Å². The normalized spacial score (nSPS) is 10.7. The Hall–Kier alpha value is -2.66. The Morgan fingerprint density at radius 1 is 1.20 bits per heavy atom. The first-order chi connectivity index (χ1) is 9.67. The highest BCUT2D eigenvalue weighted by molar-refractivity contribution is 5.85. The smallest absolute Gasteiger partial charge is 0.328 e. The highest BCUT2D eigenvalue weighted by atomic mass is 16.5. The molecule has 1 heterocycles. The Morgan fingerprint density at radius 2 is 1.95 bits per heavy atom. The minimum absolute atomic E-state index is 0.0108. The molecule has 2 N–H and O–H groups in total. The van der Waals surface area contributed by atoms with E-state index in [4.69, 9.17) is 14.9 Å². The molecule has 0 aliphatic carbocycles. The van der Waals surface area contributed by atoms with Crippen LogP contribution in [0.25, 0.3) is 6.08 Å². The van der Waals surface area contributed by atoms with Crippen molar-refractivity contribution in [3.8, 4) is 11.6 Å². The third kappa shape index (κ3) is 3.93. The number of aliphatic hydroxyl groups excluding tert-OH is 1. The van der Waals surface area contributed by atoms with Gasteiger partial charge in [0.15, 0.2) is 0 Å². The maximum absolute atomic E-state index is 10.4. The lowest BCUT2D eigenvalue weighted by Crippen LogP contribution is -1.90. The summed E-state index contributed by atoms with van der Waals surface area (Å²) in [5.74, 6) is 0.0204. The van der Waals surface area contributed by atoms with Crippen molar-refractivity contribution < 1.29 is 19.7 Å². The van der Waals surface area contributed by atoms with E-state index in [0.717, 1.165) is 11.6 Å². The lowest BCUT2D eigenvalue weighted by Gasteiger charge is -2.05. The van der Waals surface area contributed by atoms with E-state index in [1.165, 1.54) is 12.3 Å². The van der Waals surface area contributed by atoms with Gasteiger partial charge in [-0.05, 0) is 35.4 Å². The van der Waals surface area contributed by atoms with Crippen LogP contribution in [0.4, 0.5) is 0 Å². The highest BCUT2D eigenvalue weighted by Gasteiger charge is 1.99. The van der Waals surface area contributed by atoms with Gasteiger partial charge in [-0.1, -0.05) is 12.1 Å². The van der Waals surface area contributed by atoms with E-state index in [1.54, 1.807) is 36.4 Å². The van der Waals surface area contributed by atoms with Crippen LogP contribution in [0.5, 0.6) is 11.6 Å². The molecule has 0 amide bonds. The van der Waals surface area contributed by atoms with Crippen LogP contribution in [0.3, 0.4) is 0 Å². The van der Waals surface area contributed by atoms with Crippen molar-refractivity contribution >= 4 is 12.0 Å². The number of aromatic nitrogens is 1. The number of nitrogens with zero attached hydrogens (tertiary/aromatic N) is 1. The number of hydrogen-bond donors (Lipinski definition) is 2. The molecule has 0 saturated heterocycles. The van der Waals surface area contributed by atoms with Crippen LogP contribution in [0.1, 0.15) is 11.1 Å². The van der Waals surface area contributed by atoms with Gasteiger partial charge in [0.2, 0.25) is 5.88 Å². The number of pyridine rings is 1. The first kappa shape index (κ1) is 13.8. The quantitative estimate of drug-likeness (QED) is 0.816. The minimum Gasteiger partial charge on any atom is -0.478 e. The molecule has 2 aromatic rings. The van der Waals surface area contributed by atoms with Crippen LogP contribution in [-0.2, 0) is 11.4 Å². The maximum atomic E-state index is 10.4. The molecule has 0 fully saturated rings. The molecule has 1 aromatic carbocycles. The summed E-state index contributed by atoms with van der Waals surface area (Å²) in [5.41, 5.74) is 1.48. The van der Waals surface area contributed by atoms with Crippen molar-refractivity contribution in [1.82, 2.24) is 4.98 Å². The Kier molecular flexibility index (Phi) is 4.47. The Bertz CT molecular complexity index is 603. The number of aliphatic hydroxyl groups is 1. The molecule has 1 aromatic heterocycles. The van der Waals surface area contributed by atoms with Crippen LogP contribution < -0.4 is 4.74 Å². The largest absolute Gasteiger partial charge is 0.478 e. The molecule has 5 heteroatoms. The van der Waals surface area contributed by atoms with Crippen LogP contribution in [0.15, 0.2) is 48.7 Å². The Balaban J connectivity index is 2.04. The van der Waals surface area contributed by atoms with Gasteiger partial charge in [0, 0.05) is 18.3 Å². The Morgan fingerprint density at radius 3 is 2.50 bits per heavy atom. The second-order valence-corrected chi connectivity index (χ2v) is 4.01. The van der Waals surface area contributed by atoms with Gasteiger partial charge in [0.25, 0.3) is 0 Å². The summed E-state index contributed by atoms with van der Waals surface area (Å²) in [7, 11) is 0. The van der Waals surface area contributed by atoms with Gasteiger partial charge >= 0.3 is 5.97 Å². The van der Waals surface area contributed by atoms with Crippen LogP contribution >= 0.6 is 0 Å². The van der Waals surface area contributed by atoms with Crippen LogP contribution in [0.2, 0.25) is 0 Å². The molecular weight excluding hydrogens is 258 g/mol. The fraction of sp³-hybridized carbons (Fsp3) is 0.0667. The lowest BCUT2D eigenvalue weighted by molar-refractivity contribution is -0.131. The van der Waals surface area contributed by atoms with E-state index in [9.17, 15) is 4.79 Å².